The number of ether oxygens (including phenoxy) is 2. The lowest BCUT2D eigenvalue weighted by molar-refractivity contribution is -0.0670. The van der Waals surface area contributed by atoms with Crippen molar-refractivity contribution in [1.82, 2.24) is 14.8 Å². The van der Waals surface area contributed by atoms with Gasteiger partial charge in [0.25, 0.3) is 0 Å². The molecule has 1 atom stereocenters. The third-order valence-corrected chi connectivity index (χ3v) is 5.49. The Kier molecular flexibility index (Phi) is 5.91. The highest BCUT2D eigenvalue weighted by Crippen LogP contribution is 2.42. The van der Waals surface area contributed by atoms with Gasteiger partial charge in [0.15, 0.2) is 0 Å². The number of rotatable bonds is 5. The van der Waals surface area contributed by atoms with E-state index in [0.717, 1.165) is 57.6 Å². The van der Waals surface area contributed by atoms with Gasteiger partial charge in [-0.05, 0) is 49.3 Å². The van der Waals surface area contributed by atoms with Gasteiger partial charge in [0.05, 0.1) is 12.2 Å². The quantitative estimate of drug-likeness (QED) is 0.768. The van der Waals surface area contributed by atoms with E-state index in [0.29, 0.717) is 12.5 Å². The summed E-state index contributed by atoms with van der Waals surface area (Å²) in [5.41, 5.74) is 1.10. The van der Waals surface area contributed by atoms with Crippen LogP contribution in [-0.4, -0.2) is 66.8 Å². The fourth-order valence-electron chi connectivity index (χ4n) is 4.00. The number of aromatic nitrogens is 1. The second kappa shape index (κ2) is 8.15. The molecule has 2 amide bonds. The lowest BCUT2D eigenvalue weighted by Crippen LogP contribution is -2.51. The van der Waals surface area contributed by atoms with Crippen molar-refractivity contribution < 1.29 is 14.3 Å². The molecule has 6 heteroatoms. The number of urea groups is 1. The number of carbonyl (C=O) groups is 1. The van der Waals surface area contributed by atoms with Crippen LogP contribution in [0.1, 0.15) is 31.2 Å². The third kappa shape index (κ3) is 4.30. The van der Waals surface area contributed by atoms with Crippen molar-refractivity contribution in [3.8, 4) is 0 Å². The van der Waals surface area contributed by atoms with Crippen molar-refractivity contribution in [1.29, 1.82) is 0 Å². The minimum Gasteiger partial charge on any atom is -0.377 e. The zero-order valence-electron chi connectivity index (χ0n) is 15.3. The van der Waals surface area contributed by atoms with Crippen LogP contribution in [0.5, 0.6) is 0 Å². The summed E-state index contributed by atoms with van der Waals surface area (Å²) < 4.78 is 12.0. The lowest BCUT2D eigenvalue weighted by Gasteiger charge is -2.42. The van der Waals surface area contributed by atoms with Gasteiger partial charge in [-0.3, -0.25) is 4.98 Å². The van der Waals surface area contributed by atoms with Crippen LogP contribution in [0.3, 0.4) is 0 Å². The second-order valence-corrected chi connectivity index (χ2v) is 7.26. The Morgan fingerprint density at radius 3 is 2.76 bits per heavy atom. The van der Waals surface area contributed by atoms with Crippen LogP contribution in [0, 0.1) is 5.92 Å². The molecule has 1 unspecified atom stereocenters. The molecule has 0 N–H and O–H groups in total. The van der Waals surface area contributed by atoms with Gasteiger partial charge in [0.2, 0.25) is 0 Å². The van der Waals surface area contributed by atoms with E-state index in [1.165, 1.54) is 0 Å². The molecule has 0 aliphatic carbocycles. The minimum atomic E-state index is -0.0525. The first-order valence-corrected chi connectivity index (χ1v) is 9.17. The van der Waals surface area contributed by atoms with Gasteiger partial charge in [-0.1, -0.05) is 0 Å². The minimum absolute atomic E-state index is 0.0525. The summed E-state index contributed by atoms with van der Waals surface area (Å²) >= 11 is 0. The molecule has 2 aliphatic heterocycles. The summed E-state index contributed by atoms with van der Waals surface area (Å²) in [7, 11) is 3.61. The number of carbonyl (C=O) groups excluding carboxylic acids is 1. The lowest BCUT2D eigenvalue weighted by atomic mass is 9.78. The fraction of sp³-hybridized carbons (Fsp3) is 0.684. The predicted octanol–water partition coefficient (Wildman–Crippen LogP) is 2.54. The molecule has 2 saturated heterocycles. The van der Waals surface area contributed by atoms with Crippen molar-refractivity contribution in [3.63, 3.8) is 0 Å². The van der Waals surface area contributed by atoms with Crippen molar-refractivity contribution in [2.24, 2.45) is 5.92 Å². The molecule has 138 valence electrons. The number of nitrogens with zero attached hydrogens (tertiary/aromatic N) is 3. The van der Waals surface area contributed by atoms with E-state index in [2.05, 4.69) is 4.98 Å². The van der Waals surface area contributed by atoms with E-state index in [9.17, 15) is 4.79 Å². The molecule has 1 spiro atoms. The standard InChI is InChI=1S/C19H29N3O3/c1-21(2)18(23)22-11-7-19(8-12-22)17(6-14-25-19)5-13-24-15-16-3-9-20-10-4-16/h3-4,9-10,17H,5-8,11-15H2,1-2H3. The van der Waals surface area contributed by atoms with Gasteiger partial charge in [0.1, 0.15) is 0 Å². The average molecular weight is 347 g/mol. The number of pyridine rings is 1. The van der Waals surface area contributed by atoms with E-state index in [1.807, 2.05) is 31.1 Å². The summed E-state index contributed by atoms with van der Waals surface area (Å²) in [5, 5.41) is 0. The number of hydrogen-bond acceptors (Lipinski definition) is 4. The average Bonchev–Trinajstić information content (AvgIpc) is 3.01. The molecule has 2 aliphatic rings. The van der Waals surface area contributed by atoms with Crippen LogP contribution in [0.2, 0.25) is 0 Å². The predicted molar refractivity (Wildman–Crippen MR) is 95.2 cm³/mol. The van der Waals surface area contributed by atoms with Crippen molar-refractivity contribution in [2.75, 3.05) is 40.4 Å². The van der Waals surface area contributed by atoms with Crippen molar-refractivity contribution in [3.05, 3.63) is 30.1 Å². The van der Waals surface area contributed by atoms with Gasteiger partial charge < -0.3 is 19.3 Å². The molecule has 0 radical (unpaired) electrons. The Morgan fingerprint density at radius 2 is 2.08 bits per heavy atom. The topological polar surface area (TPSA) is 54.9 Å². The maximum Gasteiger partial charge on any atom is 0.319 e. The zero-order valence-corrected chi connectivity index (χ0v) is 15.3. The van der Waals surface area contributed by atoms with Crippen LogP contribution in [0.15, 0.2) is 24.5 Å². The third-order valence-electron chi connectivity index (χ3n) is 5.49. The monoisotopic (exact) mass is 347 g/mol. The van der Waals surface area contributed by atoms with Crippen LogP contribution >= 0.6 is 0 Å². The Labute approximate surface area is 150 Å². The molecule has 0 bridgehead atoms. The molecule has 25 heavy (non-hydrogen) atoms. The van der Waals surface area contributed by atoms with Gasteiger partial charge in [0, 0.05) is 52.8 Å². The van der Waals surface area contributed by atoms with E-state index >= 15 is 0 Å². The number of hydrogen-bond donors (Lipinski definition) is 0. The highest BCUT2D eigenvalue weighted by molar-refractivity contribution is 5.73. The molecule has 2 fully saturated rings. The molecular weight excluding hydrogens is 318 g/mol. The second-order valence-electron chi connectivity index (χ2n) is 7.26. The first-order valence-electron chi connectivity index (χ1n) is 9.17. The summed E-state index contributed by atoms with van der Waals surface area (Å²) in [6.07, 6.45) is 7.57. The highest BCUT2D eigenvalue weighted by Gasteiger charge is 2.46. The summed E-state index contributed by atoms with van der Waals surface area (Å²) in [6.45, 7) is 3.78. The van der Waals surface area contributed by atoms with Crippen molar-refractivity contribution >= 4 is 6.03 Å². The molecule has 1 aromatic heterocycles. The summed E-state index contributed by atoms with van der Waals surface area (Å²) in [5.74, 6) is 0.529. The molecule has 3 heterocycles. The van der Waals surface area contributed by atoms with Crippen LogP contribution in [0.4, 0.5) is 4.79 Å². The highest BCUT2D eigenvalue weighted by atomic mass is 16.5. The maximum absolute atomic E-state index is 12.1. The maximum atomic E-state index is 12.1. The number of piperidine rings is 1. The molecular formula is C19H29N3O3. The van der Waals surface area contributed by atoms with Gasteiger partial charge in [-0.15, -0.1) is 0 Å². The van der Waals surface area contributed by atoms with E-state index in [1.54, 1.807) is 17.3 Å². The van der Waals surface area contributed by atoms with E-state index in [-0.39, 0.29) is 11.6 Å². The smallest absolute Gasteiger partial charge is 0.319 e. The molecule has 0 aromatic carbocycles. The van der Waals surface area contributed by atoms with Gasteiger partial charge in [-0.25, -0.2) is 4.79 Å². The van der Waals surface area contributed by atoms with Gasteiger partial charge in [-0.2, -0.15) is 0 Å². The first kappa shape index (κ1) is 18.1. The number of amides is 2. The normalized spacial score (nSPS) is 22.3. The first-order chi connectivity index (χ1) is 12.1. The Balaban J connectivity index is 1.45. The van der Waals surface area contributed by atoms with Crippen LogP contribution < -0.4 is 0 Å². The molecule has 0 saturated carbocycles. The van der Waals surface area contributed by atoms with E-state index < -0.39 is 0 Å². The SMILES string of the molecule is CN(C)C(=O)N1CCC2(CC1)OCCC2CCOCc1ccncc1. The summed E-state index contributed by atoms with van der Waals surface area (Å²) in [6, 6.07) is 4.07. The van der Waals surface area contributed by atoms with Crippen LogP contribution in [0.25, 0.3) is 0 Å². The fourth-order valence-corrected chi connectivity index (χ4v) is 4.00. The Bertz CT molecular complexity index is 556. The molecule has 6 nitrogen and oxygen atoms in total. The Morgan fingerprint density at radius 1 is 1.36 bits per heavy atom. The number of likely N-dealkylation sites (tertiary alicyclic amines) is 1. The van der Waals surface area contributed by atoms with E-state index in [4.69, 9.17) is 9.47 Å². The molecule has 3 rings (SSSR count). The van der Waals surface area contributed by atoms with Crippen LogP contribution in [-0.2, 0) is 16.1 Å². The summed E-state index contributed by atoms with van der Waals surface area (Å²) in [4.78, 5) is 19.7. The zero-order chi connectivity index (χ0) is 17.7. The van der Waals surface area contributed by atoms with Crippen molar-refractivity contribution in [2.45, 2.75) is 37.9 Å². The Hall–Kier alpha value is -1.66. The molecule has 1 aromatic rings. The largest absolute Gasteiger partial charge is 0.377 e. The van der Waals surface area contributed by atoms with Gasteiger partial charge >= 0.3 is 6.03 Å².